The minimum atomic E-state index is -3.87. The summed E-state index contributed by atoms with van der Waals surface area (Å²) in [7, 11) is -1.23. The lowest BCUT2D eigenvalue weighted by molar-refractivity contribution is -0.141. The van der Waals surface area contributed by atoms with E-state index in [1.807, 2.05) is 6.92 Å². The van der Waals surface area contributed by atoms with Crippen molar-refractivity contribution in [3.05, 3.63) is 40.3 Å². The number of methoxy groups -OCH3 is 1. The first kappa shape index (κ1) is 38.0. The van der Waals surface area contributed by atoms with Crippen molar-refractivity contribution in [2.24, 2.45) is 5.41 Å². The molecule has 1 saturated carbocycles. The minimum absolute atomic E-state index is 0.0624. The van der Waals surface area contributed by atoms with E-state index in [-0.39, 0.29) is 46.9 Å². The molecule has 20 nitrogen and oxygen atoms in total. The lowest BCUT2D eigenvalue weighted by Crippen LogP contribution is -2.49. The molecular weight excluding hydrogens is 720 g/mol. The molecule has 1 aliphatic heterocycles. The first-order valence-electron chi connectivity index (χ1n) is 15.1. The molecule has 4 heterocycles. The molecule has 1 saturated heterocycles. The van der Waals surface area contributed by atoms with Gasteiger partial charge < -0.3 is 53.4 Å². The molecule has 2 aliphatic rings. The van der Waals surface area contributed by atoms with Gasteiger partial charge in [0.25, 0.3) is 12.0 Å². The number of H-pyrrole nitrogens is 1. The second-order valence-corrected chi connectivity index (χ2v) is 15.6. The van der Waals surface area contributed by atoms with Crippen molar-refractivity contribution in [1.29, 1.82) is 0 Å². The number of nitrogens with zero attached hydrogens (tertiary/aromatic N) is 6. The van der Waals surface area contributed by atoms with Crippen molar-refractivity contribution in [1.82, 2.24) is 33.9 Å². The first-order chi connectivity index (χ1) is 23.9. The van der Waals surface area contributed by atoms with Crippen LogP contribution in [0.25, 0.3) is 11.2 Å². The molecule has 3 unspecified atom stereocenters. The number of rotatable bonds is 14. The maximum atomic E-state index is 13.9. The quantitative estimate of drug-likeness (QED) is 0.103. The lowest BCUT2D eigenvalue weighted by Gasteiger charge is -2.46. The largest absolute Gasteiger partial charge is 0.458 e. The number of nitrogen functional groups attached to an aromatic ring is 2. The number of hydrogen-bond acceptors (Lipinski definition) is 19. The molecule has 50 heavy (non-hydrogen) atoms. The van der Waals surface area contributed by atoms with Gasteiger partial charge in [0, 0.05) is 38.9 Å². The van der Waals surface area contributed by atoms with E-state index in [4.69, 9.17) is 43.8 Å². The van der Waals surface area contributed by atoms with Crippen LogP contribution in [0.3, 0.4) is 0 Å². The number of nitrogens with one attached hydrogen (secondary N) is 1. The predicted molar refractivity (Wildman–Crippen MR) is 180 cm³/mol. The van der Waals surface area contributed by atoms with Gasteiger partial charge >= 0.3 is 7.60 Å². The second-order valence-electron chi connectivity index (χ2n) is 11.9. The zero-order valence-electron chi connectivity index (χ0n) is 27.5. The van der Waals surface area contributed by atoms with Crippen LogP contribution in [0.2, 0.25) is 0 Å². The normalized spacial score (nSPS) is 29.6. The Hall–Kier alpha value is -3.23. The SMILES string of the molecule is COPOCC1(C)C[C@@H](n2cnc3c(N)ncnc32)[C@H](O)C[C@@H]1OP(C)(=O)OC[C@H]1O[C@@H](c2cnc(N)[nH]c(=O)cns2)[C@H](OC=O)[C@@H]1OC. The zero-order valence-corrected chi connectivity index (χ0v) is 30.2. The Balaban J connectivity index is 1.34. The van der Waals surface area contributed by atoms with Crippen LogP contribution in [-0.2, 0) is 41.7 Å². The fourth-order valence-electron chi connectivity index (χ4n) is 6.05. The molecule has 23 heteroatoms. The van der Waals surface area contributed by atoms with Crippen LogP contribution >= 0.6 is 28.2 Å². The number of hydrogen-bond donors (Lipinski definition) is 4. The summed E-state index contributed by atoms with van der Waals surface area (Å²) in [5.74, 6) is 0.0287. The summed E-state index contributed by atoms with van der Waals surface area (Å²) in [6, 6.07) is -0.505. The Labute approximate surface area is 291 Å². The highest BCUT2D eigenvalue weighted by molar-refractivity contribution is 7.53. The van der Waals surface area contributed by atoms with Gasteiger partial charge in [-0.05, 0) is 18.0 Å². The van der Waals surface area contributed by atoms with Gasteiger partial charge in [0.15, 0.2) is 32.6 Å². The van der Waals surface area contributed by atoms with Gasteiger partial charge in [0.05, 0.1) is 42.7 Å². The summed E-state index contributed by atoms with van der Waals surface area (Å²) in [4.78, 5) is 42.7. The van der Waals surface area contributed by atoms with E-state index in [2.05, 4.69) is 29.3 Å². The molecule has 0 spiro atoms. The van der Waals surface area contributed by atoms with Crippen molar-refractivity contribution in [2.45, 2.75) is 62.4 Å². The van der Waals surface area contributed by atoms with E-state index < -0.39 is 61.2 Å². The van der Waals surface area contributed by atoms with Gasteiger partial charge in [-0.2, -0.15) is 4.37 Å². The number of nitrogens with two attached hydrogens (primary N) is 2. The number of carbonyl (C=O) groups is 1. The number of anilines is 2. The number of aliphatic hydroxyl groups excluding tert-OH is 1. The van der Waals surface area contributed by atoms with E-state index in [0.29, 0.717) is 22.5 Å². The van der Waals surface area contributed by atoms with E-state index in [9.17, 15) is 19.3 Å². The summed E-state index contributed by atoms with van der Waals surface area (Å²) in [6.45, 7) is 3.30. The van der Waals surface area contributed by atoms with Crippen molar-refractivity contribution >= 4 is 57.6 Å². The third kappa shape index (κ3) is 8.62. The molecule has 0 amide bonds. The number of imidazole rings is 1. The van der Waals surface area contributed by atoms with Crippen molar-refractivity contribution < 1.29 is 46.8 Å². The van der Waals surface area contributed by atoms with Gasteiger partial charge in [-0.25, -0.2) is 19.9 Å². The topological polar surface area (TPSA) is 273 Å². The highest BCUT2D eigenvalue weighted by atomic mass is 32.1. The maximum absolute atomic E-state index is 13.9. The van der Waals surface area contributed by atoms with Crippen LogP contribution in [0.15, 0.2) is 29.8 Å². The summed E-state index contributed by atoms with van der Waals surface area (Å²) in [5.41, 5.74) is 11.2. The molecule has 3 aromatic rings. The van der Waals surface area contributed by atoms with Crippen LogP contribution in [0.1, 0.15) is 36.8 Å². The van der Waals surface area contributed by atoms with E-state index in [1.165, 1.54) is 33.4 Å². The molecule has 3 aromatic heterocycles. The van der Waals surface area contributed by atoms with Gasteiger partial charge in [-0.15, -0.1) is 0 Å². The molecule has 274 valence electrons. The summed E-state index contributed by atoms with van der Waals surface area (Å²) in [5, 5.41) is 11.4. The molecule has 5 rings (SSSR count). The third-order valence-electron chi connectivity index (χ3n) is 8.42. The maximum Gasteiger partial charge on any atom is 0.328 e. The van der Waals surface area contributed by atoms with Crippen LogP contribution in [-0.4, -0.2) is 110 Å². The number of fused-ring (bicyclic) bond motifs is 1. The molecule has 2 fully saturated rings. The molecule has 0 aromatic carbocycles. The Morgan fingerprint density at radius 3 is 2.78 bits per heavy atom. The van der Waals surface area contributed by atoms with Crippen molar-refractivity contribution in [3.63, 3.8) is 0 Å². The molecular formula is C27H39N9O11P2S. The van der Waals surface area contributed by atoms with E-state index >= 15 is 0 Å². The van der Waals surface area contributed by atoms with E-state index in [0.717, 1.165) is 17.7 Å². The average Bonchev–Trinajstić information content (AvgIpc) is 3.67. The fourth-order valence-corrected chi connectivity index (χ4v) is 8.50. The van der Waals surface area contributed by atoms with Crippen LogP contribution in [0, 0.1) is 5.41 Å². The molecule has 0 radical (unpaired) electrons. The highest BCUT2D eigenvalue weighted by Gasteiger charge is 2.51. The minimum Gasteiger partial charge on any atom is -0.458 e. The van der Waals surface area contributed by atoms with Crippen LogP contribution < -0.4 is 17.0 Å². The summed E-state index contributed by atoms with van der Waals surface area (Å²) < 4.78 is 59.8. The van der Waals surface area contributed by atoms with Crippen LogP contribution in [0.5, 0.6) is 0 Å². The van der Waals surface area contributed by atoms with E-state index in [1.54, 1.807) is 10.9 Å². The number of aromatic nitrogens is 7. The standard InChI is InChI=1S/C27H39N9O11P2S/c1-27(10-44-48-42-3)6-14(36-12-33-20-24(28)31-11-32-25(20)36)15(38)5-18(27)47-49(4,40)45-9-16-21(41-2)23(43-13-37)22(46-16)17-7-30-26(29)35-19(39)8-34-50-17/h7-8,11-16,18,21-23,38,48H,5-6,9-10H2,1-4H3,(H2,28,31,32)(H3,29,30,35,39)/t14-,15-,16-,18+,21-,22+,23-,27?,49?/m1/s1. The van der Waals surface area contributed by atoms with Gasteiger partial charge in [-0.1, -0.05) is 6.92 Å². The first-order valence-corrected chi connectivity index (χ1v) is 18.7. The molecule has 10 atom stereocenters. The molecule has 1 aliphatic carbocycles. The number of carbonyl (C=O) groups excluding carboxylic acids is 1. The van der Waals surface area contributed by atoms with Crippen LogP contribution in [0.4, 0.5) is 11.8 Å². The highest BCUT2D eigenvalue weighted by Crippen LogP contribution is 2.54. The number of aliphatic hydroxyl groups is 1. The number of aromatic amines is 1. The fraction of sp³-hybridized carbons (Fsp3) is 0.593. The van der Waals surface area contributed by atoms with Gasteiger partial charge in [0.2, 0.25) is 0 Å². The Kier molecular flexibility index (Phi) is 12.5. The summed E-state index contributed by atoms with van der Waals surface area (Å²) >= 11 is 0.861. The lowest BCUT2D eigenvalue weighted by atomic mass is 9.70. The molecule has 0 bridgehead atoms. The second kappa shape index (κ2) is 16.4. The summed E-state index contributed by atoms with van der Waals surface area (Å²) in [6.07, 6.45) is 0.0891. The number of ether oxygens (including phenoxy) is 3. The zero-order chi connectivity index (χ0) is 36.1. The Morgan fingerprint density at radius 1 is 1.24 bits per heavy atom. The van der Waals surface area contributed by atoms with Crippen molar-refractivity contribution in [3.8, 4) is 0 Å². The Morgan fingerprint density at radius 2 is 2.04 bits per heavy atom. The van der Waals surface area contributed by atoms with Gasteiger partial charge in [-0.3, -0.25) is 19.1 Å². The van der Waals surface area contributed by atoms with Crippen molar-refractivity contribution in [2.75, 3.05) is 45.6 Å². The monoisotopic (exact) mass is 759 g/mol. The average molecular weight is 760 g/mol. The predicted octanol–water partition coefficient (Wildman–Crippen LogP) is 1.45. The smallest absolute Gasteiger partial charge is 0.328 e. The van der Waals surface area contributed by atoms with Gasteiger partial charge in [0.1, 0.15) is 36.4 Å². The third-order valence-corrected chi connectivity index (χ3v) is 10.9. The Bertz CT molecular complexity index is 1800. The molecule has 6 N–H and O–H groups in total.